The van der Waals surface area contributed by atoms with Crippen molar-refractivity contribution in [2.24, 2.45) is 5.92 Å². The second-order valence-corrected chi connectivity index (χ2v) is 7.42. The maximum Gasteiger partial charge on any atom is 0.234 e. The average Bonchev–Trinajstić information content (AvgIpc) is 2.66. The molecule has 19 heavy (non-hydrogen) atoms. The first-order valence-electron chi connectivity index (χ1n) is 6.36. The Labute approximate surface area is 113 Å². The predicted octanol–water partition coefficient (Wildman–Crippen LogP) is 1.11. The molecule has 2 heterocycles. The molecule has 1 atom stereocenters. The van der Waals surface area contributed by atoms with Crippen LogP contribution >= 0.6 is 0 Å². The lowest BCUT2D eigenvalue weighted by Gasteiger charge is -2.12. The number of nitrogens with one attached hydrogen (secondary N) is 1. The van der Waals surface area contributed by atoms with Crippen molar-refractivity contribution in [3.8, 4) is 5.88 Å². The molecule has 1 unspecified atom stereocenters. The van der Waals surface area contributed by atoms with E-state index in [0.717, 1.165) is 0 Å². The molecule has 1 saturated heterocycles. The summed E-state index contributed by atoms with van der Waals surface area (Å²) in [5.74, 6) is 1.83. The van der Waals surface area contributed by atoms with Crippen LogP contribution in [0.5, 0.6) is 5.88 Å². The molecule has 2 rings (SSSR count). The molecule has 0 bridgehead atoms. The molecule has 1 fully saturated rings. The van der Waals surface area contributed by atoms with Crippen LogP contribution in [0.15, 0.2) is 12.4 Å². The van der Waals surface area contributed by atoms with Gasteiger partial charge in [-0.2, -0.15) is 4.98 Å². The van der Waals surface area contributed by atoms with Crippen molar-refractivity contribution in [1.29, 1.82) is 0 Å². The summed E-state index contributed by atoms with van der Waals surface area (Å²) in [4.78, 5) is 8.31. The zero-order valence-corrected chi connectivity index (χ0v) is 12.0. The van der Waals surface area contributed by atoms with E-state index in [9.17, 15) is 8.42 Å². The molecule has 0 saturated carbocycles. The molecular formula is C12H19N3O3S. The maximum absolute atomic E-state index is 11.4. The summed E-state index contributed by atoms with van der Waals surface area (Å²) in [5.41, 5.74) is 0. The molecule has 0 aromatic carbocycles. The summed E-state index contributed by atoms with van der Waals surface area (Å²) >= 11 is 0. The van der Waals surface area contributed by atoms with Crippen LogP contribution in [0.3, 0.4) is 0 Å². The smallest absolute Gasteiger partial charge is 0.234 e. The molecule has 0 amide bonds. The van der Waals surface area contributed by atoms with Gasteiger partial charge in [0.1, 0.15) is 5.82 Å². The van der Waals surface area contributed by atoms with Crippen LogP contribution in [0.1, 0.15) is 20.3 Å². The van der Waals surface area contributed by atoms with Crippen molar-refractivity contribution in [1.82, 2.24) is 9.97 Å². The number of anilines is 1. The van der Waals surface area contributed by atoms with Crippen LogP contribution in [-0.2, 0) is 9.84 Å². The van der Waals surface area contributed by atoms with Gasteiger partial charge in [-0.25, -0.2) is 8.42 Å². The monoisotopic (exact) mass is 285 g/mol. The zero-order chi connectivity index (χ0) is 13.9. The second kappa shape index (κ2) is 5.73. The molecule has 6 nitrogen and oxygen atoms in total. The Morgan fingerprint density at radius 3 is 2.89 bits per heavy atom. The van der Waals surface area contributed by atoms with Gasteiger partial charge in [-0.15, -0.1) is 0 Å². The van der Waals surface area contributed by atoms with E-state index in [1.165, 1.54) is 0 Å². The highest BCUT2D eigenvalue weighted by molar-refractivity contribution is 7.91. The average molecular weight is 285 g/mol. The summed E-state index contributed by atoms with van der Waals surface area (Å²) in [6.07, 6.45) is 3.74. The Kier molecular flexibility index (Phi) is 4.24. The molecule has 0 radical (unpaired) electrons. The number of aromatic nitrogens is 2. The topological polar surface area (TPSA) is 81.2 Å². The third kappa shape index (κ3) is 4.34. The van der Waals surface area contributed by atoms with Gasteiger partial charge in [0.2, 0.25) is 5.88 Å². The largest absolute Gasteiger partial charge is 0.476 e. The molecule has 1 aliphatic heterocycles. The van der Waals surface area contributed by atoms with Crippen molar-refractivity contribution < 1.29 is 13.2 Å². The fourth-order valence-corrected chi connectivity index (χ4v) is 3.53. The SMILES string of the molecule is CC(C)COc1cncc(NC2CCS(=O)(=O)C2)n1. The molecule has 1 aliphatic rings. The first kappa shape index (κ1) is 14.0. The lowest BCUT2D eigenvalue weighted by atomic mass is 10.2. The lowest BCUT2D eigenvalue weighted by molar-refractivity contribution is 0.260. The van der Waals surface area contributed by atoms with E-state index < -0.39 is 9.84 Å². The minimum Gasteiger partial charge on any atom is -0.476 e. The Bertz CT molecular complexity index is 531. The molecule has 106 valence electrons. The van der Waals surface area contributed by atoms with Gasteiger partial charge >= 0.3 is 0 Å². The van der Waals surface area contributed by atoms with Crippen molar-refractivity contribution >= 4 is 15.7 Å². The standard InChI is InChI=1S/C12H19N3O3S/c1-9(2)7-18-12-6-13-5-11(15-12)14-10-3-4-19(16,17)8-10/h5-6,9-10H,3-4,7-8H2,1-2H3,(H,14,15). The molecule has 1 N–H and O–H groups in total. The molecule has 0 spiro atoms. The maximum atomic E-state index is 11.4. The lowest BCUT2D eigenvalue weighted by Crippen LogP contribution is -2.21. The number of sulfone groups is 1. The fraction of sp³-hybridized carbons (Fsp3) is 0.667. The first-order chi connectivity index (χ1) is 8.94. The van der Waals surface area contributed by atoms with Crippen molar-refractivity contribution in [2.45, 2.75) is 26.3 Å². The molecule has 0 aliphatic carbocycles. The van der Waals surface area contributed by atoms with E-state index in [1.54, 1.807) is 12.4 Å². The quantitative estimate of drug-likeness (QED) is 0.873. The van der Waals surface area contributed by atoms with Gasteiger partial charge in [0.05, 0.1) is 30.5 Å². The third-order valence-corrected chi connectivity index (χ3v) is 4.53. The van der Waals surface area contributed by atoms with Gasteiger partial charge in [-0.3, -0.25) is 4.98 Å². The molecular weight excluding hydrogens is 266 g/mol. The Balaban J connectivity index is 1.95. The molecule has 7 heteroatoms. The second-order valence-electron chi connectivity index (χ2n) is 5.19. The van der Waals surface area contributed by atoms with Crippen LogP contribution in [0, 0.1) is 5.92 Å². The van der Waals surface area contributed by atoms with Gasteiger partial charge in [-0.05, 0) is 12.3 Å². The highest BCUT2D eigenvalue weighted by Crippen LogP contribution is 2.17. The van der Waals surface area contributed by atoms with E-state index in [2.05, 4.69) is 29.1 Å². The van der Waals surface area contributed by atoms with Gasteiger partial charge in [0.15, 0.2) is 9.84 Å². The van der Waals surface area contributed by atoms with Crippen molar-refractivity contribution in [3.05, 3.63) is 12.4 Å². The van der Waals surface area contributed by atoms with E-state index in [1.807, 2.05) is 0 Å². The van der Waals surface area contributed by atoms with Gasteiger partial charge < -0.3 is 10.1 Å². The Hall–Kier alpha value is -1.37. The van der Waals surface area contributed by atoms with Gasteiger partial charge in [0.25, 0.3) is 0 Å². The highest BCUT2D eigenvalue weighted by Gasteiger charge is 2.27. The van der Waals surface area contributed by atoms with E-state index in [-0.39, 0.29) is 17.5 Å². The Morgan fingerprint density at radius 2 is 2.26 bits per heavy atom. The fourth-order valence-electron chi connectivity index (χ4n) is 1.86. The van der Waals surface area contributed by atoms with Gasteiger partial charge in [-0.1, -0.05) is 13.8 Å². The van der Waals surface area contributed by atoms with Crippen molar-refractivity contribution in [3.63, 3.8) is 0 Å². The summed E-state index contributed by atoms with van der Waals surface area (Å²) in [7, 11) is -2.89. The molecule has 1 aromatic rings. The van der Waals surface area contributed by atoms with E-state index in [4.69, 9.17) is 4.74 Å². The zero-order valence-electron chi connectivity index (χ0n) is 11.2. The number of hydrogen-bond donors (Lipinski definition) is 1. The van der Waals surface area contributed by atoms with E-state index in [0.29, 0.717) is 30.6 Å². The van der Waals surface area contributed by atoms with Crippen LogP contribution in [0.25, 0.3) is 0 Å². The number of hydrogen-bond acceptors (Lipinski definition) is 6. The van der Waals surface area contributed by atoms with Crippen LogP contribution in [0.4, 0.5) is 5.82 Å². The molecule has 1 aromatic heterocycles. The van der Waals surface area contributed by atoms with Crippen LogP contribution in [0.2, 0.25) is 0 Å². The third-order valence-electron chi connectivity index (χ3n) is 2.76. The number of nitrogens with zero attached hydrogens (tertiary/aromatic N) is 2. The summed E-state index contributed by atoms with van der Waals surface area (Å²) in [6.45, 7) is 4.69. The first-order valence-corrected chi connectivity index (χ1v) is 8.18. The summed E-state index contributed by atoms with van der Waals surface area (Å²) in [6, 6.07) is -0.0837. The van der Waals surface area contributed by atoms with E-state index >= 15 is 0 Å². The van der Waals surface area contributed by atoms with Crippen molar-refractivity contribution in [2.75, 3.05) is 23.4 Å². The van der Waals surface area contributed by atoms with Gasteiger partial charge in [0, 0.05) is 6.04 Å². The van der Waals surface area contributed by atoms with Crippen LogP contribution in [-0.4, -0.2) is 42.5 Å². The highest BCUT2D eigenvalue weighted by atomic mass is 32.2. The Morgan fingerprint density at radius 1 is 1.47 bits per heavy atom. The summed E-state index contributed by atoms with van der Waals surface area (Å²) in [5, 5.41) is 3.09. The van der Waals surface area contributed by atoms with Crippen LogP contribution < -0.4 is 10.1 Å². The minimum absolute atomic E-state index is 0.0837. The minimum atomic E-state index is -2.89. The predicted molar refractivity (Wildman–Crippen MR) is 73.0 cm³/mol. The summed E-state index contributed by atoms with van der Waals surface area (Å²) < 4.78 is 28.2. The normalized spacial score (nSPS) is 21.5. The number of ether oxygens (including phenoxy) is 1. The number of rotatable bonds is 5.